The smallest absolute Gasteiger partial charge is 0.101 e. The fraction of sp³-hybridized carbons (Fsp3) is 0.389. The van der Waals surface area contributed by atoms with E-state index in [9.17, 15) is 0 Å². The maximum absolute atomic E-state index is 4.56. The van der Waals surface area contributed by atoms with Crippen molar-refractivity contribution < 1.29 is 0 Å². The minimum Gasteiger partial charge on any atom is -0.308 e. The van der Waals surface area contributed by atoms with Crippen LogP contribution in [0, 0.1) is 13.8 Å². The highest BCUT2D eigenvalue weighted by molar-refractivity contribution is 7.99. The summed E-state index contributed by atoms with van der Waals surface area (Å²) in [5, 5.41) is 4.52. The van der Waals surface area contributed by atoms with Crippen LogP contribution < -0.4 is 5.32 Å². The molecule has 0 bridgehead atoms. The maximum atomic E-state index is 4.56. The number of aryl methyl sites for hydroxylation is 2. The lowest BCUT2D eigenvalue weighted by atomic mass is 10.1. The van der Waals surface area contributed by atoms with E-state index in [0.29, 0.717) is 0 Å². The van der Waals surface area contributed by atoms with E-state index in [1.807, 2.05) is 6.20 Å². The predicted octanol–water partition coefficient (Wildman–Crippen LogP) is 4.74. The second kappa shape index (κ2) is 6.63. The fourth-order valence-corrected chi connectivity index (χ4v) is 2.79. The summed E-state index contributed by atoms with van der Waals surface area (Å²) in [6.45, 7) is 11.6. The average Bonchev–Trinajstić information content (AvgIpc) is 2.40. The van der Waals surface area contributed by atoms with Crippen LogP contribution in [0.2, 0.25) is 0 Å². The van der Waals surface area contributed by atoms with E-state index in [4.69, 9.17) is 0 Å². The summed E-state index contributed by atoms with van der Waals surface area (Å²) >= 11 is 1.72. The van der Waals surface area contributed by atoms with Gasteiger partial charge in [-0.2, -0.15) is 0 Å². The van der Waals surface area contributed by atoms with E-state index < -0.39 is 0 Å². The van der Waals surface area contributed by atoms with E-state index in [1.165, 1.54) is 21.6 Å². The number of pyridine rings is 1. The maximum Gasteiger partial charge on any atom is 0.101 e. The first-order valence-corrected chi connectivity index (χ1v) is 8.10. The monoisotopic (exact) mass is 300 g/mol. The van der Waals surface area contributed by atoms with Crippen LogP contribution in [0.15, 0.2) is 46.5 Å². The molecule has 0 fully saturated rings. The third-order valence-corrected chi connectivity index (χ3v) is 4.29. The molecule has 1 aromatic heterocycles. The molecule has 2 aromatic rings. The summed E-state index contributed by atoms with van der Waals surface area (Å²) in [7, 11) is 0. The molecule has 0 amide bonds. The van der Waals surface area contributed by atoms with Crippen molar-refractivity contribution in [2.45, 2.75) is 56.6 Å². The van der Waals surface area contributed by atoms with Crippen molar-refractivity contribution in [2.24, 2.45) is 0 Å². The van der Waals surface area contributed by atoms with Gasteiger partial charge in [0.25, 0.3) is 0 Å². The molecule has 0 saturated heterocycles. The quantitative estimate of drug-likeness (QED) is 0.883. The second-order valence-electron chi connectivity index (χ2n) is 6.48. The molecular formula is C18H24N2S. The van der Waals surface area contributed by atoms with E-state index in [2.05, 4.69) is 75.3 Å². The van der Waals surface area contributed by atoms with Gasteiger partial charge in [-0.25, -0.2) is 4.98 Å². The molecule has 1 N–H and O–H groups in total. The van der Waals surface area contributed by atoms with E-state index in [-0.39, 0.29) is 5.54 Å². The second-order valence-corrected chi connectivity index (χ2v) is 7.54. The van der Waals surface area contributed by atoms with E-state index >= 15 is 0 Å². The number of hydrogen-bond donors (Lipinski definition) is 1. The molecule has 2 nitrogen and oxygen atoms in total. The average molecular weight is 300 g/mol. The molecule has 0 spiro atoms. The Hall–Kier alpha value is -1.32. The minimum atomic E-state index is 0.131. The Kier molecular flexibility index (Phi) is 5.07. The van der Waals surface area contributed by atoms with Gasteiger partial charge in [0, 0.05) is 23.2 Å². The lowest BCUT2D eigenvalue weighted by Crippen LogP contribution is -2.35. The standard InChI is InChI=1S/C18H24N2S/c1-13-6-8-16(14(2)10-13)21-17-9-7-15(11-19-17)12-20-18(3,4)5/h6-11,20H,12H2,1-5H3. The number of aromatic nitrogens is 1. The molecule has 2 rings (SSSR count). The topological polar surface area (TPSA) is 24.9 Å². The van der Waals surface area contributed by atoms with E-state index in [0.717, 1.165) is 11.6 Å². The fourth-order valence-electron chi connectivity index (χ4n) is 1.97. The molecule has 1 heterocycles. The summed E-state index contributed by atoms with van der Waals surface area (Å²) in [4.78, 5) is 5.83. The number of rotatable bonds is 4. The van der Waals surface area contributed by atoms with Crippen molar-refractivity contribution >= 4 is 11.8 Å². The molecular weight excluding hydrogens is 276 g/mol. The summed E-state index contributed by atoms with van der Waals surface area (Å²) < 4.78 is 0. The Morgan fingerprint density at radius 3 is 2.43 bits per heavy atom. The van der Waals surface area contributed by atoms with E-state index in [1.54, 1.807) is 11.8 Å². The van der Waals surface area contributed by atoms with Crippen LogP contribution in [-0.4, -0.2) is 10.5 Å². The molecule has 3 heteroatoms. The molecule has 0 saturated carbocycles. The number of benzene rings is 1. The lowest BCUT2D eigenvalue weighted by Gasteiger charge is -2.20. The van der Waals surface area contributed by atoms with Gasteiger partial charge in [-0.1, -0.05) is 35.5 Å². The van der Waals surface area contributed by atoms with Gasteiger partial charge in [-0.15, -0.1) is 0 Å². The summed E-state index contributed by atoms with van der Waals surface area (Å²) in [6, 6.07) is 10.8. The van der Waals surface area contributed by atoms with Crippen LogP contribution in [0.5, 0.6) is 0 Å². The van der Waals surface area contributed by atoms with Crippen LogP contribution >= 0.6 is 11.8 Å². The molecule has 0 aliphatic carbocycles. The van der Waals surface area contributed by atoms with Gasteiger partial charge in [0.15, 0.2) is 0 Å². The Morgan fingerprint density at radius 1 is 1.10 bits per heavy atom. The SMILES string of the molecule is Cc1ccc(Sc2ccc(CNC(C)(C)C)cn2)c(C)c1. The highest BCUT2D eigenvalue weighted by atomic mass is 32.2. The zero-order chi connectivity index (χ0) is 15.5. The molecule has 21 heavy (non-hydrogen) atoms. The lowest BCUT2D eigenvalue weighted by molar-refractivity contribution is 0.424. The van der Waals surface area contributed by atoms with Gasteiger partial charge in [0.05, 0.1) is 0 Å². The van der Waals surface area contributed by atoms with Crippen LogP contribution in [0.1, 0.15) is 37.5 Å². The molecule has 0 atom stereocenters. The van der Waals surface area contributed by atoms with Crippen LogP contribution in [0.4, 0.5) is 0 Å². The summed E-state index contributed by atoms with van der Waals surface area (Å²) in [5.74, 6) is 0. The zero-order valence-corrected chi connectivity index (χ0v) is 14.3. The Morgan fingerprint density at radius 2 is 1.86 bits per heavy atom. The van der Waals surface area contributed by atoms with Crippen LogP contribution in [0.25, 0.3) is 0 Å². The van der Waals surface area contributed by atoms with Gasteiger partial charge in [0.1, 0.15) is 5.03 Å². The predicted molar refractivity (Wildman–Crippen MR) is 90.9 cm³/mol. The van der Waals surface area contributed by atoms with Crippen molar-refractivity contribution in [3.8, 4) is 0 Å². The van der Waals surface area contributed by atoms with Gasteiger partial charge < -0.3 is 5.32 Å². The van der Waals surface area contributed by atoms with Crippen molar-refractivity contribution in [1.82, 2.24) is 10.3 Å². The summed E-state index contributed by atoms with van der Waals surface area (Å²) in [5.41, 5.74) is 3.95. The van der Waals surface area contributed by atoms with Crippen LogP contribution in [-0.2, 0) is 6.54 Å². The molecule has 0 aliphatic rings. The van der Waals surface area contributed by atoms with Gasteiger partial charge in [-0.05, 0) is 57.9 Å². The van der Waals surface area contributed by atoms with Crippen LogP contribution in [0.3, 0.4) is 0 Å². The normalized spacial score (nSPS) is 11.7. The zero-order valence-electron chi connectivity index (χ0n) is 13.5. The Balaban J connectivity index is 2.02. The molecule has 0 radical (unpaired) electrons. The first-order valence-electron chi connectivity index (χ1n) is 7.28. The van der Waals surface area contributed by atoms with Gasteiger partial charge >= 0.3 is 0 Å². The minimum absolute atomic E-state index is 0.131. The highest BCUT2D eigenvalue weighted by Crippen LogP contribution is 2.29. The molecule has 0 unspecified atom stereocenters. The Labute approximate surface area is 132 Å². The van der Waals surface area contributed by atoms with Crippen molar-refractivity contribution in [3.05, 3.63) is 53.2 Å². The number of nitrogens with one attached hydrogen (secondary N) is 1. The van der Waals surface area contributed by atoms with Crippen molar-refractivity contribution in [2.75, 3.05) is 0 Å². The first-order chi connectivity index (χ1) is 9.83. The van der Waals surface area contributed by atoms with Gasteiger partial charge in [-0.3, -0.25) is 0 Å². The Bertz CT molecular complexity index is 598. The molecule has 0 aliphatic heterocycles. The molecule has 1 aromatic carbocycles. The number of hydrogen-bond acceptors (Lipinski definition) is 3. The highest BCUT2D eigenvalue weighted by Gasteiger charge is 2.08. The third-order valence-electron chi connectivity index (χ3n) is 3.17. The van der Waals surface area contributed by atoms with Gasteiger partial charge in [0.2, 0.25) is 0 Å². The van der Waals surface area contributed by atoms with Crippen molar-refractivity contribution in [1.29, 1.82) is 0 Å². The largest absolute Gasteiger partial charge is 0.308 e. The molecule has 112 valence electrons. The van der Waals surface area contributed by atoms with Crippen molar-refractivity contribution in [3.63, 3.8) is 0 Å². The first kappa shape index (κ1) is 16.1. The number of nitrogens with zero attached hydrogens (tertiary/aromatic N) is 1. The third kappa shape index (κ3) is 5.18. The summed E-state index contributed by atoms with van der Waals surface area (Å²) in [6.07, 6.45) is 1.96.